The van der Waals surface area contributed by atoms with Crippen LogP contribution in [0.4, 0.5) is 0 Å². The number of thiazole rings is 1. The van der Waals surface area contributed by atoms with Gasteiger partial charge in [0.2, 0.25) is 0 Å². The number of carbonyl (C=O) groups is 1. The topological polar surface area (TPSA) is 54.5 Å². The second kappa shape index (κ2) is 7.35. The lowest BCUT2D eigenvalue weighted by molar-refractivity contribution is 0.0620. The van der Waals surface area contributed by atoms with Crippen molar-refractivity contribution < 1.29 is 9.53 Å². The molecular weight excluding hydrogens is 354 g/mol. The SMILES string of the molecule is COc1ccc(Sc2cnc(C(=O)NC3CN4CCC3CC4)s2)cc1. The van der Waals surface area contributed by atoms with Crippen LogP contribution in [0.3, 0.4) is 0 Å². The predicted octanol–water partition coefficient (Wildman–Crippen LogP) is 3.13. The van der Waals surface area contributed by atoms with Gasteiger partial charge in [-0.3, -0.25) is 4.79 Å². The molecule has 3 aliphatic heterocycles. The quantitative estimate of drug-likeness (QED) is 0.870. The van der Waals surface area contributed by atoms with E-state index in [0.29, 0.717) is 10.9 Å². The van der Waals surface area contributed by atoms with Gasteiger partial charge in [0.05, 0.1) is 17.5 Å². The maximum atomic E-state index is 12.5. The van der Waals surface area contributed by atoms with Gasteiger partial charge in [0.25, 0.3) is 5.91 Å². The lowest BCUT2D eigenvalue weighted by Crippen LogP contribution is -2.57. The summed E-state index contributed by atoms with van der Waals surface area (Å²) in [5.74, 6) is 1.43. The molecule has 5 nitrogen and oxygen atoms in total. The number of methoxy groups -OCH3 is 1. The summed E-state index contributed by atoms with van der Waals surface area (Å²) in [7, 11) is 1.66. The van der Waals surface area contributed by atoms with Crippen LogP contribution in [0.15, 0.2) is 39.6 Å². The van der Waals surface area contributed by atoms with Crippen LogP contribution >= 0.6 is 23.1 Å². The van der Waals surface area contributed by atoms with Gasteiger partial charge in [0.1, 0.15) is 5.75 Å². The van der Waals surface area contributed by atoms with Crippen LogP contribution in [0.2, 0.25) is 0 Å². The molecule has 0 saturated carbocycles. The first kappa shape index (κ1) is 16.9. The molecule has 5 rings (SSSR count). The summed E-state index contributed by atoms with van der Waals surface area (Å²) in [5, 5.41) is 3.75. The van der Waals surface area contributed by atoms with Gasteiger partial charge in [-0.25, -0.2) is 4.98 Å². The number of fused-ring (bicyclic) bond motifs is 3. The van der Waals surface area contributed by atoms with Crippen molar-refractivity contribution in [1.82, 2.24) is 15.2 Å². The van der Waals surface area contributed by atoms with Crippen molar-refractivity contribution in [2.24, 2.45) is 5.92 Å². The van der Waals surface area contributed by atoms with Crippen molar-refractivity contribution >= 4 is 29.0 Å². The van der Waals surface area contributed by atoms with E-state index in [1.165, 1.54) is 37.3 Å². The first-order valence-electron chi connectivity index (χ1n) is 8.52. The Morgan fingerprint density at radius 1 is 1.32 bits per heavy atom. The molecule has 1 atom stereocenters. The van der Waals surface area contributed by atoms with Crippen LogP contribution in [0.5, 0.6) is 5.75 Å². The average Bonchev–Trinajstić information content (AvgIpc) is 3.12. The molecule has 3 aliphatic rings. The Balaban J connectivity index is 1.37. The fourth-order valence-electron chi connectivity index (χ4n) is 3.53. The van der Waals surface area contributed by atoms with Crippen LogP contribution in [0.25, 0.3) is 0 Å². The third-order valence-corrected chi connectivity index (χ3v) is 7.03. The minimum absolute atomic E-state index is 0.0367. The van der Waals surface area contributed by atoms with Crippen molar-refractivity contribution in [3.8, 4) is 5.75 Å². The molecule has 0 aliphatic carbocycles. The molecule has 4 heterocycles. The van der Waals surface area contributed by atoms with Crippen molar-refractivity contribution in [2.75, 3.05) is 26.7 Å². The first-order chi connectivity index (χ1) is 12.2. The molecule has 1 aromatic heterocycles. The first-order valence-corrected chi connectivity index (χ1v) is 10.2. The lowest BCUT2D eigenvalue weighted by atomic mass is 9.84. The second-order valence-electron chi connectivity index (χ2n) is 6.48. The number of rotatable bonds is 5. The fraction of sp³-hybridized carbons (Fsp3) is 0.444. The summed E-state index contributed by atoms with van der Waals surface area (Å²) >= 11 is 3.06. The number of benzene rings is 1. The highest BCUT2D eigenvalue weighted by atomic mass is 32.2. The number of hydrogen-bond donors (Lipinski definition) is 1. The fourth-order valence-corrected chi connectivity index (χ4v) is 5.39. The van der Waals surface area contributed by atoms with Crippen molar-refractivity contribution in [2.45, 2.75) is 28.0 Å². The third-order valence-electron chi connectivity index (χ3n) is 4.93. The van der Waals surface area contributed by atoms with Gasteiger partial charge in [-0.1, -0.05) is 11.8 Å². The molecule has 3 saturated heterocycles. The predicted molar refractivity (Wildman–Crippen MR) is 99.6 cm³/mol. The van der Waals surface area contributed by atoms with E-state index in [1.54, 1.807) is 25.1 Å². The van der Waals surface area contributed by atoms with Gasteiger partial charge >= 0.3 is 0 Å². The van der Waals surface area contributed by atoms with Gasteiger partial charge in [-0.2, -0.15) is 0 Å². The lowest BCUT2D eigenvalue weighted by Gasteiger charge is -2.44. The smallest absolute Gasteiger partial charge is 0.280 e. The van der Waals surface area contributed by atoms with E-state index in [-0.39, 0.29) is 11.9 Å². The standard InChI is InChI=1S/C18H21N3O2S2/c1-23-13-2-4-14(5-3-13)24-16-10-19-18(25-16)17(22)20-15-11-21-8-6-12(15)7-9-21/h2-5,10,12,15H,6-9,11H2,1H3,(H,20,22). The zero-order valence-electron chi connectivity index (χ0n) is 14.1. The molecule has 2 bridgehead atoms. The number of hydrogen-bond acceptors (Lipinski definition) is 6. The summed E-state index contributed by atoms with van der Waals surface area (Å²) in [6, 6.07) is 8.16. The zero-order valence-corrected chi connectivity index (χ0v) is 15.7. The van der Waals surface area contributed by atoms with Gasteiger partial charge < -0.3 is 15.0 Å². The number of ether oxygens (including phenoxy) is 1. The van der Waals surface area contributed by atoms with Crippen LogP contribution in [0.1, 0.15) is 22.6 Å². The minimum atomic E-state index is -0.0367. The number of nitrogens with zero attached hydrogens (tertiary/aromatic N) is 2. The minimum Gasteiger partial charge on any atom is -0.497 e. The van der Waals surface area contributed by atoms with Crippen molar-refractivity contribution in [3.05, 3.63) is 35.5 Å². The molecular formula is C18H21N3O2S2. The Morgan fingerprint density at radius 3 is 2.72 bits per heavy atom. The molecule has 0 radical (unpaired) electrons. The Morgan fingerprint density at radius 2 is 2.08 bits per heavy atom. The molecule has 132 valence electrons. The van der Waals surface area contributed by atoms with E-state index >= 15 is 0 Å². The van der Waals surface area contributed by atoms with E-state index in [9.17, 15) is 4.79 Å². The van der Waals surface area contributed by atoms with Crippen LogP contribution in [0, 0.1) is 5.92 Å². The van der Waals surface area contributed by atoms with E-state index < -0.39 is 0 Å². The van der Waals surface area contributed by atoms with E-state index in [0.717, 1.165) is 21.4 Å². The Hall–Kier alpha value is -1.57. The highest BCUT2D eigenvalue weighted by molar-refractivity contribution is 8.01. The van der Waals surface area contributed by atoms with Crippen LogP contribution < -0.4 is 10.1 Å². The zero-order chi connectivity index (χ0) is 17.2. The summed E-state index contributed by atoms with van der Waals surface area (Å²) in [5.41, 5.74) is 0. The monoisotopic (exact) mass is 375 g/mol. The number of nitrogens with one attached hydrogen (secondary N) is 1. The van der Waals surface area contributed by atoms with E-state index in [1.807, 2.05) is 24.3 Å². The van der Waals surface area contributed by atoms with Gasteiger partial charge in [-0.05, 0) is 56.1 Å². The molecule has 2 aromatic rings. The van der Waals surface area contributed by atoms with Crippen LogP contribution in [-0.4, -0.2) is 48.6 Å². The highest BCUT2D eigenvalue weighted by Crippen LogP contribution is 2.33. The molecule has 0 spiro atoms. The van der Waals surface area contributed by atoms with E-state index in [2.05, 4.69) is 15.2 Å². The second-order valence-corrected chi connectivity index (χ2v) is 8.88. The summed E-state index contributed by atoms with van der Waals surface area (Å²) in [6.45, 7) is 3.34. The Labute approximate surface area is 155 Å². The van der Waals surface area contributed by atoms with Crippen molar-refractivity contribution in [3.63, 3.8) is 0 Å². The summed E-state index contributed by atoms with van der Waals surface area (Å²) < 4.78 is 6.19. The number of carbonyl (C=O) groups excluding carboxylic acids is 1. The summed E-state index contributed by atoms with van der Waals surface area (Å²) in [6.07, 6.45) is 4.17. The maximum absolute atomic E-state index is 12.5. The van der Waals surface area contributed by atoms with Crippen LogP contribution in [-0.2, 0) is 0 Å². The van der Waals surface area contributed by atoms with Gasteiger partial charge in [0, 0.05) is 17.5 Å². The Bertz CT molecular complexity index is 739. The molecule has 1 unspecified atom stereocenters. The van der Waals surface area contributed by atoms with E-state index in [4.69, 9.17) is 4.74 Å². The largest absolute Gasteiger partial charge is 0.497 e. The molecule has 1 aromatic carbocycles. The number of piperidine rings is 3. The Kier molecular flexibility index (Phi) is 4.96. The summed E-state index contributed by atoms with van der Waals surface area (Å²) in [4.78, 5) is 20.4. The van der Waals surface area contributed by atoms with Crippen molar-refractivity contribution in [1.29, 1.82) is 0 Å². The molecule has 1 N–H and O–H groups in total. The maximum Gasteiger partial charge on any atom is 0.280 e. The molecule has 7 heteroatoms. The normalized spacial score (nSPS) is 24.9. The molecule has 3 fully saturated rings. The van der Waals surface area contributed by atoms with Gasteiger partial charge in [-0.15, -0.1) is 11.3 Å². The number of amides is 1. The number of aromatic nitrogens is 1. The molecule has 25 heavy (non-hydrogen) atoms. The molecule has 1 amide bonds. The third kappa shape index (κ3) is 3.83. The highest BCUT2D eigenvalue weighted by Gasteiger charge is 2.35. The average molecular weight is 376 g/mol. The van der Waals surface area contributed by atoms with Gasteiger partial charge in [0.15, 0.2) is 5.01 Å².